The van der Waals surface area contributed by atoms with Crippen molar-refractivity contribution in [1.29, 1.82) is 0 Å². The number of nitrogens with zero attached hydrogens (tertiary/aromatic N) is 1. The van der Waals surface area contributed by atoms with Crippen LogP contribution in [0.15, 0.2) is 52.0 Å². The zero-order chi connectivity index (χ0) is 15.0. The highest BCUT2D eigenvalue weighted by molar-refractivity contribution is 9.10. The molecule has 108 valence electrons. The number of nitrogens with one attached hydrogen (secondary N) is 2. The molecule has 1 heterocycles. The summed E-state index contributed by atoms with van der Waals surface area (Å²) in [6.07, 6.45) is 1.30. The summed E-state index contributed by atoms with van der Waals surface area (Å²) in [5.41, 5.74) is 1.04. The Kier molecular flexibility index (Phi) is 3.46. The molecular weight excluding hydrogens is 354 g/mol. The maximum atomic E-state index is 12.4. The summed E-state index contributed by atoms with van der Waals surface area (Å²) in [5, 5.41) is 8.16. The van der Waals surface area contributed by atoms with Crippen molar-refractivity contribution >= 4 is 42.4 Å². The van der Waals surface area contributed by atoms with E-state index in [1.807, 2.05) is 30.3 Å². The molecule has 0 aliphatic rings. The molecule has 0 radical (unpaired) electrons. The lowest BCUT2D eigenvalue weighted by atomic mass is 10.1. The highest BCUT2D eigenvalue weighted by Crippen LogP contribution is 2.31. The molecule has 0 aliphatic carbocycles. The van der Waals surface area contributed by atoms with Crippen LogP contribution >= 0.6 is 15.9 Å². The van der Waals surface area contributed by atoms with E-state index < -0.39 is 10.0 Å². The number of hydrogen-bond acceptors (Lipinski definition) is 3. The Balaban J connectivity index is 2.11. The van der Waals surface area contributed by atoms with E-state index in [0.29, 0.717) is 11.4 Å². The van der Waals surface area contributed by atoms with Gasteiger partial charge in [-0.05, 0) is 24.4 Å². The molecule has 7 heteroatoms. The molecule has 0 spiro atoms. The van der Waals surface area contributed by atoms with E-state index in [-0.39, 0.29) is 4.90 Å². The second-order valence-electron chi connectivity index (χ2n) is 4.61. The molecule has 3 aromatic rings. The summed E-state index contributed by atoms with van der Waals surface area (Å²) in [6.45, 7) is 1.67. The van der Waals surface area contributed by atoms with Crippen LogP contribution in [0.3, 0.4) is 0 Å². The molecule has 21 heavy (non-hydrogen) atoms. The minimum Gasteiger partial charge on any atom is -0.281 e. The van der Waals surface area contributed by atoms with Crippen LogP contribution in [0, 0.1) is 6.92 Å². The van der Waals surface area contributed by atoms with Crippen molar-refractivity contribution in [3.63, 3.8) is 0 Å². The molecular formula is C14H12BrN3O2S. The predicted molar refractivity (Wildman–Crippen MR) is 85.8 cm³/mol. The minimum absolute atomic E-state index is 0.148. The molecule has 2 N–H and O–H groups in total. The van der Waals surface area contributed by atoms with Crippen molar-refractivity contribution in [3.05, 3.63) is 52.8 Å². The van der Waals surface area contributed by atoms with Gasteiger partial charge in [-0.3, -0.25) is 9.82 Å². The summed E-state index contributed by atoms with van der Waals surface area (Å²) in [7, 11) is -3.66. The number of halogens is 1. The quantitative estimate of drug-likeness (QED) is 0.746. The number of aromatic nitrogens is 2. The van der Waals surface area contributed by atoms with E-state index >= 15 is 0 Å². The average Bonchev–Trinajstić information content (AvgIpc) is 2.89. The summed E-state index contributed by atoms with van der Waals surface area (Å²) < 4.78 is 28.4. The predicted octanol–water partition coefficient (Wildman–Crippen LogP) is 3.43. The summed E-state index contributed by atoms with van der Waals surface area (Å²) >= 11 is 3.47. The fraction of sp³-hybridized carbons (Fsp3) is 0.0714. The third-order valence-corrected chi connectivity index (χ3v) is 5.36. The summed E-state index contributed by atoms with van der Waals surface area (Å²) in [5.74, 6) is 0. The van der Waals surface area contributed by atoms with Gasteiger partial charge in [-0.2, -0.15) is 5.10 Å². The molecule has 3 rings (SSSR count). The van der Waals surface area contributed by atoms with Crippen molar-refractivity contribution < 1.29 is 8.42 Å². The standard InChI is InChI=1S/C14H12BrN3O2S/c1-9-14(8-16-17-9)21(19,20)18-13-7-6-12(15)10-4-2-3-5-11(10)13/h2-8,18H,1H3,(H,16,17). The van der Waals surface area contributed by atoms with Crippen molar-refractivity contribution in [2.45, 2.75) is 11.8 Å². The van der Waals surface area contributed by atoms with Crippen LogP contribution in [-0.2, 0) is 10.0 Å². The minimum atomic E-state index is -3.66. The first kappa shape index (κ1) is 14.1. The van der Waals surface area contributed by atoms with E-state index in [4.69, 9.17) is 0 Å². The first-order valence-electron chi connectivity index (χ1n) is 6.19. The normalized spacial score (nSPS) is 11.7. The molecule has 1 aromatic heterocycles. The lowest BCUT2D eigenvalue weighted by molar-refractivity contribution is 0.601. The number of hydrogen-bond donors (Lipinski definition) is 2. The number of sulfonamides is 1. The number of H-pyrrole nitrogens is 1. The molecule has 0 aliphatic heterocycles. The maximum absolute atomic E-state index is 12.4. The van der Waals surface area contributed by atoms with Gasteiger partial charge in [-0.25, -0.2) is 8.42 Å². The van der Waals surface area contributed by atoms with E-state index in [1.165, 1.54) is 6.20 Å². The average molecular weight is 366 g/mol. The molecule has 0 amide bonds. The topological polar surface area (TPSA) is 74.8 Å². The highest BCUT2D eigenvalue weighted by Gasteiger charge is 2.19. The van der Waals surface area contributed by atoms with Gasteiger partial charge in [0.2, 0.25) is 0 Å². The van der Waals surface area contributed by atoms with Gasteiger partial charge < -0.3 is 0 Å². The number of fused-ring (bicyclic) bond motifs is 1. The van der Waals surface area contributed by atoms with E-state index in [2.05, 4.69) is 30.8 Å². The summed E-state index contributed by atoms with van der Waals surface area (Å²) in [4.78, 5) is 0.148. The smallest absolute Gasteiger partial charge is 0.265 e. The first-order valence-corrected chi connectivity index (χ1v) is 8.47. The van der Waals surface area contributed by atoms with Gasteiger partial charge in [0.15, 0.2) is 0 Å². The molecule has 0 saturated heterocycles. The molecule has 2 aromatic carbocycles. The second kappa shape index (κ2) is 5.16. The lowest BCUT2D eigenvalue weighted by Crippen LogP contribution is -2.13. The van der Waals surface area contributed by atoms with E-state index in [0.717, 1.165) is 15.2 Å². The number of rotatable bonds is 3. The Morgan fingerprint density at radius 2 is 1.86 bits per heavy atom. The van der Waals surface area contributed by atoms with Gasteiger partial charge in [-0.1, -0.05) is 40.2 Å². The van der Waals surface area contributed by atoms with Crippen LogP contribution in [0.1, 0.15) is 5.69 Å². The largest absolute Gasteiger partial charge is 0.281 e. The lowest BCUT2D eigenvalue weighted by Gasteiger charge is -2.11. The monoisotopic (exact) mass is 365 g/mol. The van der Waals surface area contributed by atoms with Crippen LogP contribution < -0.4 is 4.72 Å². The van der Waals surface area contributed by atoms with Gasteiger partial charge >= 0.3 is 0 Å². The number of aryl methyl sites for hydroxylation is 1. The highest BCUT2D eigenvalue weighted by atomic mass is 79.9. The zero-order valence-electron chi connectivity index (χ0n) is 11.1. The van der Waals surface area contributed by atoms with Gasteiger partial charge in [0.25, 0.3) is 10.0 Å². The zero-order valence-corrected chi connectivity index (χ0v) is 13.5. The Morgan fingerprint density at radius 1 is 1.14 bits per heavy atom. The van der Waals surface area contributed by atoms with E-state index in [9.17, 15) is 8.42 Å². The third-order valence-electron chi connectivity index (χ3n) is 3.19. The Morgan fingerprint density at radius 3 is 2.52 bits per heavy atom. The maximum Gasteiger partial charge on any atom is 0.265 e. The fourth-order valence-corrected chi connectivity index (χ4v) is 3.86. The van der Waals surface area contributed by atoms with Crippen molar-refractivity contribution in [2.24, 2.45) is 0 Å². The van der Waals surface area contributed by atoms with Crippen LogP contribution in [0.5, 0.6) is 0 Å². The van der Waals surface area contributed by atoms with Gasteiger partial charge in [0.05, 0.1) is 17.6 Å². The molecule has 0 bridgehead atoms. The van der Waals surface area contributed by atoms with Crippen molar-refractivity contribution in [3.8, 4) is 0 Å². The van der Waals surface area contributed by atoms with Gasteiger partial charge in [0, 0.05) is 9.86 Å². The third kappa shape index (κ3) is 2.54. The SMILES string of the molecule is Cc1[nH]ncc1S(=O)(=O)Nc1ccc(Br)c2ccccc12. The van der Waals surface area contributed by atoms with Crippen molar-refractivity contribution in [2.75, 3.05) is 4.72 Å². The van der Waals surface area contributed by atoms with Crippen LogP contribution in [-0.4, -0.2) is 18.6 Å². The van der Waals surface area contributed by atoms with Crippen molar-refractivity contribution in [1.82, 2.24) is 10.2 Å². The number of benzene rings is 2. The number of aromatic amines is 1. The summed E-state index contributed by atoms with van der Waals surface area (Å²) in [6, 6.07) is 11.1. The van der Waals surface area contributed by atoms with Gasteiger partial charge in [0.1, 0.15) is 4.90 Å². The molecule has 0 unspecified atom stereocenters. The van der Waals surface area contributed by atoms with Crippen LogP contribution in [0.25, 0.3) is 10.8 Å². The second-order valence-corrected chi connectivity index (χ2v) is 7.11. The molecule has 0 atom stereocenters. The van der Waals surface area contributed by atoms with Crippen LogP contribution in [0.4, 0.5) is 5.69 Å². The molecule has 0 saturated carbocycles. The number of anilines is 1. The molecule has 5 nitrogen and oxygen atoms in total. The molecule has 0 fully saturated rings. The van der Waals surface area contributed by atoms with E-state index in [1.54, 1.807) is 13.0 Å². The Bertz CT molecular complexity index is 919. The Labute approximate surface area is 130 Å². The van der Waals surface area contributed by atoms with Crippen LogP contribution in [0.2, 0.25) is 0 Å². The first-order chi connectivity index (χ1) is 9.99. The fourth-order valence-electron chi connectivity index (χ4n) is 2.16. The van der Waals surface area contributed by atoms with Gasteiger partial charge in [-0.15, -0.1) is 0 Å². The Hall–Kier alpha value is -1.86.